The average Bonchev–Trinajstić information content (AvgIpc) is 3.38. The van der Waals surface area contributed by atoms with Crippen molar-refractivity contribution in [3.05, 3.63) is 102 Å². The van der Waals surface area contributed by atoms with Gasteiger partial charge in [-0.1, -0.05) is 42.5 Å². The average molecular weight is 607 g/mol. The number of carbonyl (C=O) groups is 1. The summed E-state index contributed by atoms with van der Waals surface area (Å²) in [4.78, 5) is 20.1. The van der Waals surface area contributed by atoms with Crippen LogP contribution < -0.4 is 5.32 Å². The van der Waals surface area contributed by atoms with Crippen LogP contribution in [0.1, 0.15) is 36.0 Å². The van der Waals surface area contributed by atoms with E-state index in [1.165, 1.54) is 11.0 Å². The standard InChI is InChI=1S/C33H34F4N6O/c1-42(2)30(44)9-6-16-43-17-14-25(15-18-43)39-29-13-11-24(21-38-29)31(23-10-12-28-26(19-23)32(34)41-40-28)27(20-33(35,36)37)22-7-4-3-5-8-22/h3-13,19,21,25H,14-18,20H2,1-2H3,(H,38,39)(H,40,41)/b9-6+,31-27-. The quantitative estimate of drug-likeness (QED) is 0.129. The second kappa shape index (κ2) is 13.4. The Labute approximate surface area is 253 Å². The van der Waals surface area contributed by atoms with Crippen molar-refractivity contribution in [2.45, 2.75) is 31.5 Å². The minimum absolute atomic E-state index is 0.0439. The third-order valence-electron chi connectivity index (χ3n) is 7.65. The lowest BCUT2D eigenvalue weighted by molar-refractivity contribution is -0.124. The lowest BCUT2D eigenvalue weighted by Crippen LogP contribution is -2.39. The second-order valence-electron chi connectivity index (χ2n) is 11.1. The number of likely N-dealkylation sites (N-methyl/N-ethyl adjacent to an activating group) is 1. The molecule has 4 aromatic rings. The zero-order valence-corrected chi connectivity index (χ0v) is 24.5. The highest BCUT2D eigenvalue weighted by atomic mass is 19.4. The van der Waals surface area contributed by atoms with Crippen molar-refractivity contribution in [3.63, 3.8) is 0 Å². The zero-order valence-electron chi connectivity index (χ0n) is 24.5. The number of halogens is 4. The minimum atomic E-state index is -4.48. The van der Waals surface area contributed by atoms with Crippen LogP contribution in [0, 0.1) is 5.95 Å². The summed E-state index contributed by atoms with van der Waals surface area (Å²) in [7, 11) is 3.43. The van der Waals surface area contributed by atoms with Crippen molar-refractivity contribution in [2.24, 2.45) is 0 Å². The van der Waals surface area contributed by atoms with Crippen molar-refractivity contribution < 1.29 is 22.4 Å². The number of nitrogens with zero attached hydrogens (tertiary/aromatic N) is 4. The number of carbonyl (C=O) groups excluding carboxylic acids is 1. The van der Waals surface area contributed by atoms with Crippen LogP contribution in [-0.2, 0) is 4.79 Å². The number of anilines is 1. The Morgan fingerprint density at radius 1 is 1.05 bits per heavy atom. The topological polar surface area (TPSA) is 77.2 Å². The lowest BCUT2D eigenvalue weighted by atomic mass is 9.88. The van der Waals surface area contributed by atoms with Crippen molar-refractivity contribution in [1.29, 1.82) is 0 Å². The molecule has 0 aliphatic carbocycles. The number of alkyl halides is 3. The van der Waals surface area contributed by atoms with Crippen LogP contribution in [0.4, 0.5) is 23.4 Å². The van der Waals surface area contributed by atoms with Crippen LogP contribution in [0.3, 0.4) is 0 Å². The zero-order chi connectivity index (χ0) is 31.3. The predicted octanol–water partition coefficient (Wildman–Crippen LogP) is 6.53. The van der Waals surface area contributed by atoms with Crippen LogP contribution in [0.2, 0.25) is 0 Å². The molecular formula is C33H34F4N6O. The molecule has 1 amide bonds. The van der Waals surface area contributed by atoms with Gasteiger partial charge in [0.25, 0.3) is 0 Å². The molecule has 1 saturated heterocycles. The maximum atomic E-state index is 14.5. The van der Waals surface area contributed by atoms with E-state index in [2.05, 4.69) is 25.4 Å². The van der Waals surface area contributed by atoms with Crippen molar-refractivity contribution in [2.75, 3.05) is 39.0 Å². The van der Waals surface area contributed by atoms with Crippen LogP contribution >= 0.6 is 0 Å². The van der Waals surface area contributed by atoms with Crippen LogP contribution in [0.5, 0.6) is 0 Å². The number of aromatic nitrogens is 3. The molecule has 0 spiro atoms. The third-order valence-corrected chi connectivity index (χ3v) is 7.65. The fraction of sp³-hybridized carbons (Fsp3) is 0.303. The van der Waals surface area contributed by atoms with Gasteiger partial charge < -0.3 is 10.2 Å². The highest BCUT2D eigenvalue weighted by molar-refractivity contribution is 6.00. The molecule has 3 heterocycles. The summed E-state index contributed by atoms with van der Waals surface area (Å²) in [5.74, 6) is -0.0749. The van der Waals surface area contributed by atoms with Gasteiger partial charge in [-0.3, -0.25) is 14.8 Å². The number of hydrogen-bond acceptors (Lipinski definition) is 5. The van der Waals surface area contributed by atoms with Gasteiger partial charge in [0.15, 0.2) is 0 Å². The third kappa shape index (κ3) is 7.71. The van der Waals surface area contributed by atoms with E-state index in [0.717, 1.165) is 25.9 Å². The number of rotatable bonds is 9. The highest BCUT2D eigenvalue weighted by Crippen LogP contribution is 2.40. The Hall–Kier alpha value is -4.51. The normalized spacial score (nSPS) is 15.5. The number of hydrogen-bond donors (Lipinski definition) is 2. The van der Waals surface area contributed by atoms with Gasteiger partial charge in [0.2, 0.25) is 11.9 Å². The first-order valence-electron chi connectivity index (χ1n) is 14.4. The molecule has 1 fully saturated rings. The molecule has 2 aromatic heterocycles. The van der Waals surface area contributed by atoms with E-state index in [1.807, 2.05) is 6.08 Å². The number of amides is 1. The summed E-state index contributed by atoms with van der Waals surface area (Å²) < 4.78 is 56.4. The Morgan fingerprint density at radius 3 is 2.43 bits per heavy atom. The molecule has 2 aromatic carbocycles. The van der Waals surface area contributed by atoms with Gasteiger partial charge in [-0.2, -0.15) is 22.7 Å². The van der Waals surface area contributed by atoms with E-state index in [9.17, 15) is 22.4 Å². The maximum Gasteiger partial charge on any atom is 0.393 e. The number of benzene rings is 2. The summed E-state index contributed by atoms with van der Waals surface area (Å²) in [5, 5.41) is 9.85. The molecule has 11 heteroatoms. The molecule has 0 radical (unpaired) electrons. The van der Waals surface area contributed by atoms with Gasteiger partial charge in [0.05, 0.1) is 17.3 Å². The van der Waals surface area contributed by atoms with Gasteiger partial charge in [-0.15, -0.1) is 0 Å². The Morgan fingerprint density at radius 2 is 1.77 bits per heavy atom. The van der Waals surface area contributed by atoms with Gasteiger partial charge in [-0.25, -0.2) is 4.98 Å². The van der Waals surface area contributed by atoms with Crippen LogP contribution in [0.15, 0.2) is 79.0 Å². The molecule has 2 N–H and O–H groups in total. The number of H-pyrrole nitrogens is 1. The molecule has 1 aliphatic rings. The van der Waals surface area contributed by atoms with Gasteiger partial charge in [0, 0.05) is 57.6 Å². The van der Waals surface area contributed by atoms with E-state index in [-0.39, 0.29) is 22.9 Å². The second-order valence-corrected chi connectivity index (χ2v) is 11.1. The molecule has 230 valence electrons. The SMILES string of the molecule is CN(C)C(=O)/C=C/CN1CCC(Nc2ccc(/C(=C(/CC(F)(F)F)c3ccccc3)c3ccc4n[nH]c(F)c4c3)cn2)CC1. The van der Waals surface area contributed by atoms with E-state index < -0.39 is 18.5 Å². The summed E-state index contributed by atoms with van der Waals surface area (Å²) in [6, 6.07) is 16.9. The first kappa shape index (κ1) is 30.9. The summed E-state index contributed by atoms with van der Waals surface area (Å²) in [6.07, 6.45) is 1.13. The Bertz CT molecular complexity index is 1640. The number of pyridine rings is 1. The number of fused-ring (bicyclic) bond motifs is 1. The highest BCUT2D eigenvalue weighted by Gasteiger charge is 2.32. The monoisotopic (exact) mass is 606 g/mol. The first-order valence-corrected chi connectivity index (χ1v) is 14.4. The molecule has 0 saturated carbocycles. The van der Waals surface area contributed by atoms with Crippen LogP contribution in [0.25, 0.3) is 22.0 Å². The summed E-state index contributed by atoms with van der Waals surface area (Å²) >= 11 is 0. The minimum Gasteiger partial charge on any atom is -0.367 e. The fourth-order valence-corrected chi connectivity index (χ4v) is 5.37. The molecule has 1 aliphatic heterocycles. The molecule has 0 bridgehead atoms. The van der Waals surface area contributed by atoms with Crippen molar-refractivity contribution >= 4 is 33.8 Å². The van der Waals surface area contributed by atoms with Crippen molar-refractivity contribution in [1.82, 2.24) is 25.0 Å². The molecule has 0 unspecified atom stereocenters. The number of aromatic amines is 1. The lowest BCUT2D eigenvalue weighted by Gasteiger charge is -2.31. The molecular weight excluding hydrogens is 572 g/mol. The largest absolute Gasteiger partial charge is 0.393 e. The molecule has 7 nitrogen and oxygen atoms in total. The van der Waals surface area contributed by atoms with E-state index in [1.54, 1.807) is 81.0 Å². The van der Waals surface area contributed by atoms with Gasteiger partial charge in [-0.05, 0) is 59.4 Å². The summed E-state index contributed by atoms with van der Waals surface area (Å²) in [5.41, 5.74) is 2.10. The Balaban J connectivity index is 1.40. The maximum absolute atomic E-state index is 14.5. The first-order chi connectivity index (χ1) is 21.1. The fourth-order valence-electron chi connectivity index (χ4n) is 5.37. The molecule has 0 atom stereocenters. The van der Waals surface area contributed by atoms with E-state index >= 15 is 0 Å². The predicted molar refractivity (Wildman–Crippen MR) is 164 cm³/mol. The van der Waals surface area contributed by atoms with Gasteiger partial charge >= 0.3 is 6.18 Å². The smallest absolute Gasteiger partial charge is 0.367 e. The number of likely N-dealkylation sites (tertiary alicyclic amines) is 1. The van der Waals surface area contributed by atoms with E-state index in [4.69, 9.17) is 0 Å². The summed E-state index contributed by atoms with van der Waals surface area (Å²) in [6.45, 7) is 2.41. The van der Waals surface area contributed by atoms with Gasteiger partial charge in [0.1, 0.15) is 5.82 Å². The molecule has 44 heavy (non-hydrogen) atoms. The van der Waals surface area contributed by atoms with E-state index in [0.29, 0.717) is 40.1 Å². The number of allylic oxidation sites excluding steroid dienone is 1. The van der Waals surface area contributed by atoms with Crippen molar-refractivity contribution in [3.8, 4) is 0 Å². The Kier molecular flexibility index (Phi) is 9.43. The number of nitrogens with one attached hydrogen (secondary N) is 2. The van der Waals surface area contributed by atoms with Crippen LogP contribution in [-0.4, -0.2) is 76.8 Å². The number of piperidine rings is 1. The molecule has 5 rings (SSSR count).